The first kappa shape index (κ1) is 20.5. The van der Waals surface area contributed by atoms with Crippen LogP contribution in [0.3, 0.4) is 0 Å². The van der Waals surface area contributed by atoms with Crippen LogP contribution in [0.25, 0.3) is 5.69 Å². The van der Waals surface area contributed by atoms with Crippen molar-refractivity contribution in [3.8, 4) is 5.69 Å². The number of hydrogen-bond donors (Lipinski definition) is 2. The Kier molecular flexibility index (Phi) is 5.93. The Morgan fingerprint density at radius 1 is 1.10 bits per heavy atom. The summed E-state index contributed by atoms with van der Waals surface area (Å²) in [5, 5.41) is 9.85. The molecule has 3 rings (SSSR count). The van der Waals surface area contributed by atoms with E-state index in [1.807, 2.05) is 13.8 Å². The lowest BCUT2D eigenvalue weighted by molar-refractivity contribution is 0.0941. The number of rotatable bonds is 5. The molecule has 9 heteroatoms. The minimum Gasteiger partial charge on any atom is -0.350 e. The molecule has 0 aliphatic rings. The molecule has 1 heterocycles. The van der Waals surface area contributed by atoms with Gasteiger partial charge in [0.05, 0.1) is 16.4 Å². The minimum absolute atomic E-state index is 0.0289. The van der Waals surface area contributed by atoms with Crippen molar-refractivity contribution in [2.45, 2.75) is 26.8 Å². The highest BCUT2D eigenvalue weighted by Crippen LogP contribution is 2.24. The standard InChI is InChI=1S/C20H19ClFN5O2/c1-11(2)23-19(28)13-4-9-16(21)17(10-13)25-20(29)18-24-12(3)27(26-18)15-7-5-14(22)6-8-15/h4-11H,1-3H3,(H,23,28)(H,25,29). The monoisotopic (exact) mass is 415 g/mol. The van der Waals surface area contributed by atoms with Gasteiger partial charge in [0.15, 0.2) is 0 Å². The summed E-state index contributed by atoms with van der Waals surface area (Å²) in [6.45, 7) is 5.38. The molecular weight excluding hydrogens is 397 g/mol. The van der Waals surface area contributed by atoms with Crippen LogP contribution >= 0.6 is 11.6 Å². The van der Waals surface area contributed by atoms with E-state index in [1.165, 1.54) is 41.1 Å². The van der Waals surface area contributed by atoms with Crippen LogP contribution in [-0.2, 0) is 0 Å². The van der Waals surface area contributed by atoms with Gasteiger partial charge in [0.2, 0.25) is 5.82 Å². The number of nitrogens with one attached hydrogen (secondary N) is 2. The van der Waals surface area contributed by atoms with Crippen LogP contribution in [-0.4, -0.2) is 32.6 Å². The van der Waals surface area contributed by atoms with E-state index in [0.29, 0.717) is 17.1 Å². The number of carbonyl (C=O) groups is 2. The smallest absolute Gasteiger partial charge is 0.295 e. The Labute approximate surface area is 171 Å². The van der Waals surface area contributed by atoms with E-state index in [4.69, 9.17) is 11.6 Å². The Morgan fingerprint density at radius 2 is 1.79 bits per heavy atom. The molecule has 0 aliphatic heterocycles. The number of anilines is 1. The molecule has 0 fully saturated rings. The summed E-state index contributed by atoms with van der Waals surface area (Å²) in [6.07, 6.45) is 0. The zero-order valence-corrected chi connectivity index (χ0v) is 16.8. The van der Waals surface area contributed by atoms with Gasteiger partial charge >= 0.3 is 0 Å². The topological polar surface area (TPSA) is 88.9 Å². The molecule has 2 aromatic carbocycles. The van der Waals surface area contributed by atoms with E-state index in [0.717, 1.165) is 0 Å². The first-order valence-electron chi connectivity index (χ1n) is 8.86. The molecule has 7 nitrogen and oxygen atoms in total. The first-order chi connectivity index (χ1) is 13.7. The second-order valence-electron chi connectivity index (χ2n) is 6.65. The molecule has 0 bridgehead atoms. The molecule has 0 unspecified atom stereocenters. The maximum Gasteiger partial charge on any atom is 0.295 e. The van der Waals surface area contributed by atoms with Crippen molar-refractivity contribution in [3.63, 3.8) is 0 Å². The van der Waals surface area contributed by atoms with Crippen molar-refractivity contribution in [3.05, 3.63) is 70.5 Å². The zero-order valence-electron chi connectivity index (χ0n) is 16.0. The van der Waals surface area contributed by atoms with E-state index in [9.17, 15) is 14.0 Å². The van der Waals surface area contributed by atoms with Crippen molar-refractivity contribution < 1.29 is 14.0 Å². The molecule has 0 atom stereocenters. The van der Waals surface area contributed by atoms with Crippen molar-refractivity contribution in [1.29, 1.82) is 0 Å². The SMILES string of the molecule is Cc1nc(C(=O)Nc2cc(C(=O)NC(C)C)ccc2Cl)nn1-c1ccc(F)cc1. The average Bonchev–Trinajstić information content (AvgIpc) is 3.05. The van der Waals surface area contributed by atoms with Gasteiger partial charge in [-0.25, -0.2) is 14.1 Å². The largest absolute Gasteiger partial charge is 0.350 e. The van der Waals surface area contributed by atoms with Gasteiger partial charge in [0.1, 0.15) is 11.6 Å². The molecule has 150 valence electrons. The Bertz CT molecular complexity index is 1060. The third-order valence-electron chi connectivity index (χ3n) is 3.94. The summed E-state index contributed by atoms with van der Waals surface area (Å²) in [5.74, 6) is -0.864. The maximum atomic E-state index is 13.1. The van der Waals surface area contributed by atoms with Crippen LogP contribution < -0.4 is 10.6 Å². The van der Waals surface area contributed by atoms with Crippen LogP contribution in [0.4, 0.5) is 10.1 Å². The van der Waals surface area contributed by atoms with Crippen molar-refractivity contribution >= 4 is 29.1 Å². The zero-order chi connectivity index (χ0) is 21.1. The molecule has 1 aromatic heterocycles. The summed E-state index contributed by atoms with van der Waals surface area (Å²) < 4.78 is 14.6. The fraction of sp³-hybridized carbons (Fsp3) is 0.200. The van der Waals surface area contributed by atoms with Gasteiger partial charge in [0, 0.05) is 11.6 Å². The fourth-order valence-corrected chi connectivity index (χ4v) is 2.76. The Morgan fingerprint density at radius 3 is 2.45 bits per heavy atom. The van der Waals surface area contributed by atoms with E-state index in [-0.39, 0.29) is 34.3 Å². The third-order valence-corrected chi connectivity index (χ3v) is 4.27. The summed E-state index contributed by atoms with van der Waals surface area (Å²) in [6, 6.07) is 10.2. The number of carbonyl (C=O) groups excluding carboxylic acids is 2. The lowest BCUT2D eigenvalue weighted by atomic mass is 10.1. The predicted molar refractivity (Wildman–Crippen MR) is 108 cm³/mol. The van der Waals surface area contributed by atoms with Crippen LogP contribution in [0.1, 0.15) is 40.6 Å². The van der Waals surface area contributed by atoms with Crippen LogP contribution in [0.15, 0.2) is 42.5 Å². The quantitative estimate of drug-likeness (QED) is 0.664. The number of aryl methyl sites for hydroxylation is 1. The van der Waals surface area contributed by atoms with Crippen LogP contribution in [0.2, 0.25) is 5.02 Å². The summed E-state index contributed by atoms with van der Waals surface area (Å²) >= 11 is 6.16. The highest BCUT2D eigenvalue weighted by molar-refractivity contribution is 6.34. The fourth-order valence-electron chi connectivity index (χ4n) is 2.60. The molecule has 0 saturated carbocycles. The second kappa shape index (κ2) is 8.40. The number of hydrogen-bond acceptors (Lipinski definition) is 4. The van der Waals surface area contributed by atoms with Crippen LogP contribution in [0.5, 0.6) is 0 Å². The molecule has 2 N–H and O–H groups in total. The Hall–Kier alpha value is -3.26. The Balaban J connectivity index is 1.83. The summed E-state index contributed by atoms with van der Waals surface area (Å²) in [5.41, 5.74) is 1.20. The van der Waals surface area contributed by atoms with Gasteiger partial charge in [-0.05, 0) is 63.2 Å². The number of nitrogens with zero attached hydrogens (tertiary/aromatic N) is 3. The summed E-state index contributed by atoms with van der Waals surface area (Å²) in [4.78, 5) is 28.9. The maximum absolute atomic E-state index is 13.1. The highest BCUT2D eigenvalue weighted by atomic mass is 35.5. The van der Waals surface area contributed by atoms with Crippen molar-refractivity contribution in [2.24, 2.45) is 0 Å². The van der Waals surface area contributed by atoms with E-state index in [1.54, 1.807) is 13.0 Å². The van der Waals surface area contributed by atoms with Gasteiger partial charge < -0.3 is 10.6 Å². The lowest BCUT2D eigenvalue weighted by Crippen LogP contribution is -2.30. The van der Waals surface area contributed by atoms with Gasteiger partial charge in [-0.15, -0.1) is 5.10 Å². The summed E-state index contributed by atoms with van der Waals surface area (Å²) in [7, 11) is 0. The van der Waals surface area contributed by atoms with E-state index >= 15 is 0 Å². The van der Waals surface area contributed by atoms with Gasteiger partial charge in [0.25, 0.3) is 11.8 Å². The molecule has 2 amide bonds. The van der Waals surface area contributed by atoms with Crippen molar-refractivity contribution in [2.75, 3.05) is 5.32 Å². The van der Waals surface area contributed by atoms with Crippen molar-refractivity contribution in [1.82, 2.24) is 20.1 Å². The van der Waals surface area contributed by atoms with Crippen LogP contribution in [0, 0.1) is 12.7 Å². The average molecular weight is 416 g/mol. The molecule has 3 aromatic rings. The number of halogens is 2. The molecule has 29 heavy (non-hydrogen) atoms. The molecule has 0 saturated heterocycles. The highest BCUT2D eigenvalue weighted by Gasteiger charge is 2.18. The number of benzene rings is 2. The number of aromatic nitrogens is 3. The van der Waals surface area contributed by atoms with E-state index in [2.05, 4.69) is 20.7 Å². The predicted octanol–water partition coefficient (Wildman–Crippen LogP) is 3.76. The molecule has 0 aliphatic carbocycles. The third kappa shape index (κ3) is 4.78. The molecule has 0 radical (unpaired) electrons. The number of amides is 2. The van der Waals surface area contributed by atoms with Gasteiger partial charge in [-0.3, -0.25) is 9.59 Å². The van der Waals surface area contributed by atoms with Gasteiger partial charge in [-0.1, -0.05) is 11.6 Å². The van der Waals surface area contributed by atoms with E-state index < -0.39 is 5.91 Å². The second-order valence-corrected chi connectivity index (χ2v) is 7.05. The molecule has 0 spiro atoms. The van der Waals surface area contributed by atoms with Gasteiger partial charge in [-0.2, -0.15) is 0 Å². The minimum atomic E-state index is -0.586. The normalized spacial score (nSPS) is 10.8. The molecular formula is C20H19ClFN5O2. The first-order valence-corrected chi connectivity index (χ1v) is 9.23. The lowest BCUT2D eigenvalue weighted by Gasteiger charge is -2.11.